The molecule has 1 aliphatic rings. The molecule has 0 amide bonds. The van der Waals surface area contributed by atoms with Gasteiger partial charge in [0.05, 0.1) is 19.2 Å². The van der Waals surface area contributed by atoms with Crippen LogP contribution >= 0.6 is 0 Å². The fourth-order valence-electron chi connectivity index (χ4n) is 3.02. The smallest absolute Gasteiger partial charge is 0.180 e. The van der Waals surface area contributed by atoms with Gasteiger partial charge in [0.1, 0.15) is 11.6 Å². The summed E-state index contributed by atoms with van der Waals surface area (Å²) in [7, 11) is 3.47. The molecule has 4 heteroatoms. The molecule has 0 aliphatic heterocycles. The van der Waals surface area contributed by atoms with Crippen LogP contribution in [0.25, 0.3) is 0 Å². The third-order valence-corrected chi connectivity index (χ3v) is 4.46. The van der Waals surface area contributed by atoms with Gasteiger partial charge in [0.15, 0.2) is 5.78 Å². The molecule has 0 heterocycles. The number of nitrogens with zero attached hydrogens (tertiary/aromatic N) is 1. The second kappa shape index (κ2) is 7.03. The van der Waals surface area contributed by atoms with E-state index in [2.05, 4.69) is 11.8 Å². The molecule has 21 heavy (non-hydrogen) atoms. The zero-order valence-corrected chi connectivity index (χ0v) is 13.1. The highest BCUT2D eigenvalue weighted by atomic mass is 19.1. The Balaban J connectivity index is 2.02. The molecule has 0 bridgehead atoms. The molecule has 1 aliphatic carbocycles. The van der Waals surface area contributed by atoms with E-state index in [1.54, 1.807) is 0 Å². The van der Waals surface area contributed by atoms with Gasteiger partial charge in [0.25, 0.3) is 0 Å². The van der Waals surface area contributed by atoms with Crippen molar-refractivity contribution in [2.45, 2.75) is 38.6 Å². The van der Waals surface area contributed by atoms with E-state index >= 15 is 0 Å². The molecule has 0 spiro atoms. The van der Waals surface area contributed by atoms with Gasteiger partial charge in [-0.15, -0.1) is 0 Å². The quantitative estimate of drug-likeness (QED) is 0.778. The molecule has 1 saturated carbocycles. The first kappa shape index (κ1) is 16.0. The van der Waals surface area contributed by atoms with Crippen LogP contribution in [0.1, 0.15) is 43.0 Å². The van der Waals surface area contributed by atoms with Crippen molar-refractivity contribution in [3.8, 4) is 5.75 Å². The van der Waals surface area contributed by atoms with Gasteiger partial charge in [0.2, 0.25) is 0 Å². The number of carbonyl (C=O) groups is 1. The third kappa shape index (κ3) is 4.03. The Morgan fingerprint density at radius 1 is 1.33 bits per heavy atom. The molecule has 0 atom stereocenters. The summed E-state index contributed by atoms with van der Waals surface area (Å²) in [6.07, 6.45) is 4.69. The molecule has 0 saturated heterocycles. The normalized spacial score (nSPS) is 22.3. The van der Waals surface area contributed by atoms with Gasteiger partial charge in [-0.05, 0) is 56.8 Å². The van der Waals surface area contributed by atoms with Crippen molar-refractivity contribution in [2.24, 2.45) is 5.92 Å². The summed E-state index contributed by atoms with van der Waals surface area (Å²) in [5.74, 6) is 0.724. The summed E-state index contributed by atoms with van der Waals surface area (Å²) >= 11 is 0. The molecule has 0 aromatic heterocycles. The monoisotopic (exact) mass is 293 g/mol. The number of likely N-dealkylation sites (N-methyl/N-ethyl adjacent to an activating group) is 1. The highest BCUT2D eigenvalue weighted by Crippen LogP contribution is 2.27. The van der Waals surface area contributed by atoms with Crippen LogP contribution in [-0.2, 0) is 0 Å². The summed E-state index contributed by atoms with van der Waals surface area (Å²) in [5, 5.41) is 0. The molecule has 2 rings (SSSR count). The van der Waals surface area contributed by atoms with E-state index in [-0.39, 0.29) is 5.78 Å². The minimum absolute atomic E-state index is 0.0903. The van der Waals surface area contributed by atoms with Gasteiger partial charge in [-0.2, -0.15) is 0 Å². The van der Waals surface area contributed by atoms with Gasteiger partial charge in [-0.25, -0.2) is 4.39 Å². The molecule has 116 valence electrons. The minimum Gasteiger partial charge on any atom is -0.496 e. The van der Waals surface area contributed by atoms with Crippen LogP contribution in [0.4, 0.5) is 4.39 Å². The third-order valence-electron chi connectivity index (χ3n) is 4.46. The first-order chi connectivity index (χ1) is 10.0. The Labute approximate surface area is 126 Å². The predicted octanol–water partition coefficient (Wildman–Crippen LogP) is 3.53. The maximum absolute atomic E-state index is 13.4. The first-order valence-electron chi connectivity index (χ1n) is 7.58. The Bertz CT molecular complexity index is 496. The predicted molar refractivity (Wildman–Crippen MR) is 81.3 cm³/mol. The van der Waals surface area contributed by atoms with E-state index in [1.807, 2.05) is 7.05 Å². The number of hydrogen-bond acceptors (Lipinski definition) is 3. The lowest BCUT2D eigenvalue weighted by atomic mass is 9.86. The van der Waals surface area contributed by atoms with Gasteiger partial charge in [0, 0.05) is 6.04 Å². The number of rotatable bonds is 5. The van der Waals surface area contributed by atoms with Crippen LogP contribution in [0, 0.1) is 11.7 Å². The highest BCUT2D eigenvalue weighted by Gasteiger charge is 2.24. The zero-order valence-electron chi connectivity index (χ0n) is 13.1. The first-order valence-corrected chi connectivity index (χ1v) is 7.58. The van der Waals surface area contributed by atoms with Crippen LogP contribution in [0.5, 0.6) is 5.75 Å². The van der Waals surface area contributed by atoms with Crippen molar-refractivity contribution >= 4 is 5.78 Å². The van der Waals surface area contributed by atoms with Gasteiger partial charge < -0.3 is 4.74 Å². The molecular formula is C17H24FNO2. The van der Waals surface area contributed by atoms with Crippen molar-refractivity contribution < 1.29 is 13.9 Å². The molecule has 1 fully saturated rings. The Morgan fingerprint density at radius 2 is 2.00 bits per heavy atom. The van der Waals surface area contributed by atoms with E-state index in [0.717, 1.165) is 18.8 Å². The fourth-order valence-corrected chi connectivity index (χ4v) is 3.02. The van der Waals surface area contributed by atoms with Crippen LogP contribution in [0.2, 0.25) is 0 Å². The molecule has 0 unspecified atom stereocenters. The van der Waals surface area contributed by atoms with E-state index in [1.165, 1.54) is 38.2 Å². The Kier molecular flexibility index (Phi) is 5.34. The molecule has 1 aromatic rings. The van der Waals surface area contributed by atoms with E-state index in [0.29, 0.717) is 23.9 Å². The van der Waals surface area contributed by atoms with Crippen LogP contribution < -0.4 is 4.74 Å². The van der Waals surface area contributed by atoms with Crippen molar-refractivity contribution in [3.05, 3.63) is 29.6 Å². The number of carbonyl (C=O) groups excluding carboxylic acids is 1. The van der Waals surface area contributed by atoms with Gasteiger partial charge in [-0.1, -0.05) is 6.92 Å². The summed E-state index contributed by atoms with van der Waals surface area (Å²) in [6.45, 7) is 2.58. The molecule has 0 N–H and O–H groups in total. The number of benzene rings is 1. The molecule has 3 nitrogen and oxygen atoms in total. The lowest BCUT2D eigenvalue weighted by Gasteiger charge is -2.33. The Morgan fingerprint density at radius 3 is 2.62 bits per heavy atom. The largest absolute Gasteiger partial charge is 0.496 e. The average Bonchev–Trinajstić information content (AvgIpc) is 2.47. The number of Topliss-reactive ketones (excluding diaryl/α,β-unsaturated/α-hetero) is 1. The number of ether oxygens (including phenoxy) is 1. The molecule has 1 aromatic carbocycles. The maximum atomic E-state index is 13.4. The van der Waals surface area contributed by atoms with Crippen molar-refractivity contribution in [1.82, 2.24) is 4.90 Å². The number of methoxy groups -OCH3 is 1. The number of hydrogen-bond donors (Lipinski definition) is 0. The van der Waals surface area contributed by atoms with Crippen molar-refractivity contribution in [2.75, 3.05) is 20.7 Å². The van der Waals surface area contributed by atoms with E-state index < -0.39 is 5.82 Å². The van der Waals surface area contributed by atoms with Crippen LogP contribution in [0.15, 0.2) is 18.2 Å². The Hall–Kier alpha value is -1.42. The van der Waals surface area contributed by atoms with Crippen molar-refractivity contribution in [1.29, 1.82) is 0 Å². The number of halogens is 1. The van der Waals surface area contributed by atoms with E-state index in [4.69, 9.17) is 4.74 Å². The number of ketones is 1. The highest BCUT2D eigenvalue weighted by molar-refractivity contribution is 6.00. The summed E-state index contributed by atoms with van der Waals surface area (Å²) in [6, 6.07) is 4.52. The maximum Gasteiger partial charge on any atom is 0.180 e. The standard InChI is InChI=1S/C17H24FNO2/c1-12-4-7-14(8-5-12)19(2)11-16(20)15-10-13(18)6-9-17(15)21-3/h6,9-10,12,14H,4-5,7-8,11H2,1-3H3. The van der Waals surface area contributed by atoms with Crippen molar-refractivity contribution in [3.63, 3.8) is 0 Å². The topological polar surface area (TPSA) is 29.5 Å². The van der Waals surface area contributed by atoms with E-state index in [9.17, 15) is 9.18 Å². The van der Waals surface area contributed by atoms with Crippen LogP contribution in [0.3, 0.4) is 0 Å². The summed E-state index contributed by atoms with van der Waals surface area (Å²) < 4.78 is 18.5. The average molecular weight is 293 g/mol. The van der Waals surface area contributed by atoms with Gasteiger partial charge >= 0.3 is 0 Å². The summed E-state index contributed by atoms with van der Waals surface area (Å²) in [5.41, 5.74) is 0.327. The zero-order chi connectivity index (χ0) is 15.4. The fraction of sp³-hybridized carbons (Fsp3) is 0.588. The second-order valence-corrected chi connectivity index (χ2v) is 6.10. The SMILES string of the molecule is COc1ccc(F)cc1C(=O)CN(C)C1CCC(C)CC1. The lowest BCUT2D eigenvalue weighted by Crippen LogP contribution is -2.38. The van der Waals surface area contributed by atoms with Gasteiger partial charge in [-0.3, -0.25) is 9.69 Å². The molecule has 0 radical (unpaired) electrons. The van der Waals surface area contributed by atoms with Crippen LogP contribution in [-0.4, -0.2) is 37.4 Å². The summed E-state index contributed by atoms with van der Waals surface area (Å²) in [4.78, 5) is 14.5. The minimum atomic E-state index is -0.409. The molecular weight excluding hydrogens is 269 g/mol. The lowest BCUT2D eigenvalue weighted by molar-refractivity contribution is 0.0885. The second-order valence-electron chi connectivity index (χ2n) is 6.10.